The molecule has 0 bridgehead atoms. The molecule has 2 aliphatic carbocycles. The van der Waals surface area contributed by atoms with Crippen LogP contribution in [0.1, 0.15) is 22.3 Å². The quantitative estimate of drug-likeness (QED) is 0.243. The SMILES string of the molecule is Clc1cccc2c1C1(c3ccccc3-c3cc4ccccc4cc31)c1ccccc1-2. The maximum Gasteiger partial charge on any atom is 0.0740 e. The van der Waals surface area contributed by atoms with Crippen molar-refractivity contribution in [3.63, 3.8) is 0 Å². The lowest BCUT2D eigenvalue weighted by atomic mass is 9.70. The molecule has 0 fully saturated rings. The molecular formula is C29H17Cl. The summed E-state index contributed by atoms with van der Waals surface area (Å²) in [6.45, 7) is 0. The van der Waals surface area contributed by atoms with Crippen LogP contribution in [0.25, 0.3) is 33.0 Å². The zero-order valence-electron chi connectivity index (χ0n) is 16.2. The summed E-state index contributed by atoms with van der Waals surface area (Å²) < 4.78 is 0. The third-order valence-corrected chi connectivity index (χ3v) is 7.24. The molecule has 30 heavy (non-hydrogen) atoms. The van der Waals surface area contributed by atoms with E-state index in [-0.39, 0.29) is 5.41 Å². The lowest BCUT2D eigenvalue weighted by Gasteiger charge is -2.31. The van der Waals surface area contributed by atoms with Crippen LogP contribution in [0.15, 0.2) is 103 Å². The predicted molar refractivity (Wildman–Crippen MR) is 125 cm³/mol. The minimum absolute atomic E-state index is 0.375. The molecule has 0 aromatic heterocycles. The number of benzene rings is 5. The van der Waals surface area contributed by atoms with Crippen molar-refractivity contribution in [3.05, 3.63) is 130 Å². The Morgan fingerprint density at radius 2 is 1.03 bits per heavy atom. The molecule has 7 rings (SSSR count). The standard InChI is InChI=1S/C29H17Cl/c30-27-15-7-12-22-20-10-3-5-13-24(20)29(28(22)27)25-14-6-4-11-21(25)23-16-18-8-1-2-9-19(18)17-26(23)29/h1-17H. The molecule has 0 aliphatic heterocycles. The van der Waals surface area contributed by atoms with Crippen LogP contribution in [0.3, 0.4) is 0 Å². The van der Waals surface area contributed by atoms with Crippen molar-refractivity contribution >= 4 is 22.4 Å². The second kappa shape index (κ2) is 5.62. The van der Waals surface area contributed by atoms with E-state index < -0.39 is 0 Å². The van der Waals surface area contributed by atoms with Crippen molar-refractivity contribution < 1.29 is 0 Å². The predicted octanol–water partition coefficient (Wildman–Crippen LogP) is 7.84. The average Bonchev–Trinajstić information content (AvgIpc) is 3.25. The molecule has 2 aliphatic rings. The van der Waals surface area contributed by atoms with Gasteiger partial charge in [0.05, 0.1) is 5.41 Å². The van der Waals surface area contributed by atoms with Gasteiger partial charge in [-0.15, -0.1) is 0 Å². The first kappa shape index (κ1) is 16.4. The molecule has 5 aromatic carbocycles. The Bertz CT molecular complexity index is 1510. The number of rotatable bonds is 0. The van der Waals surface area contributed by atoms with E-state index in [1.54, 1.807) is 0 Å². The maximum absolute atomic E-state index is 6.98. The summed E-state index contributed by atoms with van der Waals surface area (Å²) in [5, 5.41) is 3.37. The normalized spacial score (nSPS) is 17.6. The second-order valence-corrected chi connectivity index (χ2v) is 8.66. The molecule has 0 nitrogen and oxygen atoms in total. The molecule has 0 radical (unpaired) electrons. The van der Waals surface area contributed by atoms with Crippen LogP contribution < -0.4 is 0 Å². The van der Waals surface area contributed by atoms with Gasteiger partial charge in [0.2, 0.25) is 0 Å². The van der Waals surface area contributed by atoms with Gasteiger partial charge in [0.15, 0.2) is 0 Å². The van der Waals surface area contributed by atoms with Crippen LogP contribution in [0.2, 0.25) is 5.02 Å². The van der Waals surface area contributed by atoms with Gasteiger partial charge in [0, 0.05) is 5.02 Å². The Morgan fingerprint density at radius 1 is 0.467 bits per heavy atom. The van der Waals surface area contributed by atoms with Crippen LogP contribution in [0.4, 0.5) is 0 Å². The largest absolute Gasteiger partial charge is 0.0840 e. The zero-order chi connectivity index (χ0) is 19.9. The molecule has 0 N–H and O–H groups in total. The highest BCUT2D eigenvalue weighted by atomic mass is 35.5. The van der Waals surface area contributed by atoms with E-state index in [1.165, 1.54) is 55.3 Å². The molecule has 1 heteroatoms. The van der Waals surface area contributed by atoms with Crippen molar-refractivity contribution in [2.24, 2.45) is 0 Å². The maximum atomic E-state index is 6.98. The van der Waals surface area contributed by atoms with Gasteiger partial charge in [0.1, 0.15) is 0 Å². The fraction of sp³-hybridized carbons (Fsp3) is 0.0345. The summed E-state index contributed by atoms with van der Waals surface area (Å²) >= 11 is 6.98. The third-order valence-electron chi connectivity index (χ3n) is 6.92. The smallest absolute Gasteiger partial charge is 0.0740 e. The first-order valence-electron chi connectivity index (χ1n) is 10.3. The minimum atomic E-state index is -0.375. The number of hydrogen-bond donors (Lipinski definition) is 0. The Balaban J connectivity index is 1.75. The first-order valence-corrected chi connectivity index (χ1v) is 10.7. The van der Waals surface area contributed by atoms with E-state index in [0.29, 0.717) is 0 Å². The van der Waals surface area contributed by atoms with Gasteiger partial charge in [-0.2, -0.15) is 0 Å². The minimum Gasteiger partial charge on any atom is -0.0840 e. The highest BCUT2D eigenvalue weighted by Crippen LogP contribution is 2.64. The molecule has 1 atom stereocenters. The zero-order valence-corrected chi connectivity index (χ0v) is 16.9. The topological polar surface area (TPSA) is 0 Å². The summed E-state index contributed by atoms with van der Waals surface area (Å²) in [6.07, 6.45) is 0. The fourth-order valence-electron chi connectivity index (χ4n) is 5.83. The second-order valence-electron chi connectivity index (χ2n) is 8.25. The van der Waals surface area contributed by atoms with E-state index in [4.69, 9.17) is 11.6 Å². The average molecular weight is 401 g/mol. The lowest BCUT2D eigenvalue weighted by molar-refractivity contribution is 0.795. The van der Waals surface area contributed by atoms with Gasteiger partial charge in [0.25, 0.3) is 0 Å². The van der Waals surface area contributed by atoms with Gasteiger partial charge in [-0.3, -0.25) is 0 Å². The molecule has 1 spiro atoms. The lowest BCUT2D eigenvalue weighted by Crippen LogP contribution is -2.26. The molecule has 140 valence electrons. The van der Waals surface area contributed by atoms with E-state index in [1.807, 2.05) is 6.07 Å². The van der Waals surface area contributed by atoms with Crippen molar-refractivity contribution in [2.75, 3.05) is 0 Å². The Morgan fingerprint density at radius 3 is 1.77 bits per heavy atom. The molecule has 0 saturated heterocycles. The molecule has 5 aromatic rings. The highest BCUT2D eigenvalue weighted by Gasteiger charge is 2.52. The van der Waals surface area contributed by atoms with Crippen LogP contribution in [0.5, 0.6) is 0 Å². The van der Waals surface area contributed by atoms with Gasteiger partial charge in [-0.05, 0) is 73.5 Å². The van der Waals surface area contributed by atoms with Gasteiger partial charge >= 0.3 is 0 Å². The molecular weight excluding hydrogens is 384 g/mol. The monoisotopic (exact) mass is 400 g/mol. The number of fused-ring (bicyclic) bond motifs is 11. The van der Waals surface area contributed by atoms with E-state index in [0.717, 1.165) is 5.02 Å². The van der Waals surface area contributed by atoms with Crippen LogP contribution in [-0.4, -0.2) is 0 Å². The van der Waals surface area contributed by atoms with Crippen molar-refractivity contribution in [1.82, 2.24) is 0 Å². The van der Waals surface area contributed by atoms with Crippen molar-refractivity contribution in [3.8, 4) is 22.3 Å². The van der Waals surface area contributed by atoms with Gasteiger partial charge in [-0.1, -0.05) is 96.5 Å². The van der Waals surface area contributed by atoms with Crippen molar-refractivity contribution in [2.45, 2.75) is 5.41 Å². The summed E-state index contributed by atoms with van der Waals surface area (Å²) in [5.74, 6) is 0. The van der Waals surface area contributed by atoms with Gasteiger partial charge < -0.3 is 0 Å². The third kappa shape index (κ3) is 1.79. The summed E-state index contributed by atoms with van der Waals surface area (Å²) in [7, 11) is 0. The van der Waals surface area contributed by atoms with Gasteiger partial charge in [-0.25, -0.2) is 0 Å². The molecule has 0 heterocycles. The fourth-order valence-corrected chi connectivity index (χ4v) is 6.15. The summed E-state index contributed by atoms with van der Waals surface area (Å²) in [6, 6.07) is 37.4. The Hall–Kier alpha value is -3.35. The van der Waals surface area contributed by atoms with E-state index in [2.05, 4.69) is 97.1 Å². The van der Waals surface area contributed by atoms with Crippen LogP contribution >= 0.6 is 11.6 Å². The van der Waals surface area contributed by atoms with E-state index in [9.17, 15) is 0 Å². The number of halogens is 1. The number of hydrogen-bond acceptors (Lipinski definition) is 0. The molecule has 0 amide bonds. The first-order chi connectivity index (χ1) is 14.8. The van der Waals surface area contributed by atoms with Crippen molar-refractivity contribution in [1.29, 1.82) is 0 Å². The molecule has 0 saturated carbocycles. The van der Waals surface area contributed by atoms with Crippen LogP contribution in [-0.2, 0) is 5.41 Å². The van der Waals surface area contributed by atoms with E-state index >= 15 is 0 Å². The molecule has 1 unspecified atom stereocenters. The Labute approximate surface area is 180 Å². The summed E-state index contributed by atoms with van der Waals surface area (Å²) in [5.41, 5.74) is 9.98. The highest BCUT2D eigenvalue weighted by molar-refractivity contribution is 6.32. The summed E-state index contributed by atoms with van der Waals surface area (Å²) in [4.78, 5) is 0. The van der Waals surface area contributed by atoms with Crippen LogP contribution in [0, 0.1) is 0 Å². The Kier molecular flexibility index (Phi) is 3.08.